The zero-order valence-electron chi connectivity index (χ0n) is 12.1. The first-order valence-corrected chi connectivity index (χ1v) is 6.68. The third-order valence-electron chi connectivity index (χ3n) is 2.95. The summed E-state index contributed by atoms with van der Waals surface area (Å²) in [6, 6.07) is 15.2. The van der Waals surface area contributed by atoms with Crippen LogP contribution in [0.3, 0.4) is 0 Å². The van der Waals surface area contributed by atoms with E-state index in [-0.39, 0.29) is 29.3 Å². The topological polar surface area (TPSA) is 62.8 Å². The van der Waals surface area contributed by atoms with E-state index < -0.39 is 5.97 Å². The van der Waals surface area contributed by atoms with Gasteiger partial charge in [-0.1, -0.05) is 35.5 Å². The molecule has 1 aromatic carbocycles. The predicted octanol–water partition coefficient (Wildman–Crippen LogP) is -1.23. The number of pyridine rings is 1. The Kier molecular flexibility index (Phi) is 7.25. The summed E-state index contributed by atoms with van der Waals surface area (Å²) in [5.74, 6) is -0.645. The number of nitrogens with zero attached hydrogens (tertiary/aromatic N) is 2. The first kappa shape index (κ1) is 17.8. The van der Waals surface area contributed by atoms with Crippen molar-refractivity contribution in [2.75, 3.05) is 6.61 Å². The van der Waals surface area contributed by atoms with Gasteiger partial charge in [-0.15, -0.1) is 0 Å². The molecule has 5 nitrogen and oxygen atoms in total. The van der Waals surface area contributed by atoms with Crippen molar-refractivity contribution in [2.45, 2.75) is 13.5 Å². The van der Waals surface area contributed by atoms with Gasteiger partial charge < -0.3 is 26.9 Å². The lowest BCUT2D eigenvalue weighted by Crippen LogP contribution is -3.00. The lowest BCUT2D eigenvalue weighted by Gasteiger charge is -2.05. The van der Waals surface area contributed by atoms with E-state index in [9.17, 15) is 4.79 Å². The highest BCUT2D eigenvalue weighted by atomic mass is 79.9. The van der Waals surface area contributed by atoms with Gasteiger partial charge in [-0.3, -0.25) is 0 Å². The predicted molar refractivity (Wildman–Crippen MR) is 77.1 cm³/mol. The van der Waals surface area contributed by atoms with Crippen molar-refractivity contribution < 1.29 is 36.3 Å². The SMILES string of the molecule is CCOC(=O)/C(=N/O)c1cccc[n+]1Cc1ccccc1.[Br-]. The molecule has 0 bridgehead atoms. The van der Waals surface area contributed by atoms with Crippen LogP contribution in [0.25, 0.3) is 0 Å². The molecule has 0 radical (unpaired) electrons. The zero-order chi connectivity index (χ0) is 15.1. The maximum atomic E-state index is 11.9. The molecule has 22 heavy (non-hydrogen) atoms. The largest absolute Gasteiger partial charge is 1.00 e. The number of rotatable bonds is 5. The molecule has 0 aliphatic carbocycles. The van der Waals surface area contributed by atoms with Crippen molar-refractivity contribution in [3.8, 4) is 0 Å². The smallest absolute Gasteiger partial charge is 0.367 e. The van der Waals surface area contributed by atoms with Crippen LogP contribution in [0.5, 0.6) is 0 Å². The number of oxime groups is 1. The van der Waals surface area contributed by atoms with Crippen LogP contribution in [0.4, 0.5) is 0 Å². The van der Waals surface area contributed by atoms with Crippen molar-refractivity contribution in [1.29, 1.82) is 0 Å². The number of esters is 1. The first-order valence-electron chi connectivity index (χ1n) is 6.68. The minimum absolute atomic E-state index is 0. The van der Waals surface area contributed by atoms with Gasteiger partial charge in [0, 0.05) is 17.7 Å². The number of carbonyl (C=O) groups is 1. The average molecular weight is 365 g/mol. The molecular weight excluding hydrogens is 348 g/mol. The molecular formula is C16H17BrN2O3. The summed E-state index contributed by atoms with van der Waals surface area (Å²) in [7, 11) is 0. The van der Waals surface area contributed by atoms with Crippen molar-refractivity contribution in [2.24, 2.45) is 5.16 Å². The Morgan fingerprint density at radius 3 is 2.50 bits per heavy atom. The summed E-state index contributed by atoms with van der Waals surface area (Å²) < 4.78 is 6.75. The summed E-state index contributed by atoms with van der Waals surface area (Å²) in [4.78, 5) is 11.9. The number of ether oxygens (including phenoxy) is 1. The molecule has 0 amide bonds. The van der Waals surface area contributed by atoms with E-state index in [1.165, 1.54) is 0 Å². The van der Waals surface area contributed by atoms with Gasteiger partial charge in [0.1, 0.15) is 0 Å². The number of carbonyl (C=O) groups excluding carboxylic acids is 1. The molecule has 6 heteroatoms. The van der Waals surface area contributed by atoms with Crippen LogP contribution in [0.2, 0.25) is 0 Å². The number of benzene rings is 1. The maximum absolute atomic E-state index is 11.9. The van der Waals surface area contributed by atoms with Gasteiger partial charge in [-0.05, 0) is 13.0 Å². The molecule has 1 N–H and O–H groups in total. The fraction of sp³-hybridized carbons (Fsp3) is 0.188. The van der Waals surface area contributed by atoms with Gasteiger partial charge in [0.25, 0.3) is 5.71 Å². The second kappa shape index (κ2) is 8.94. The van der Waals surface area contributed by atoms with Gasteiger partial charge in [0.05, 0.1) is 6.61 Å². The van der Waals surface area contributed by atoms with Crippen molar-refractivity contribution in [3.63, 3.8) is 0 Å². The minimum atomic E-state index is -0.645. The van der Waals surface area contributed by atoms with Gasteiger partial charge in [0.2, 0.25) is 5.69 Å². The van der Waals surface area contributed by atoms with E-state index in [1.54, 1.807) is 19.1 Å². The Morgan fingerprint density at radius 2 is 1.86 bits per heavy atom. The van der Waals surface area contributed by atoms with Crippen molar-refractivity contribution in [1.82, 2.24) is 0 Å². The fourth-order valence-corrected chi connectivity index (χ4v) is 2.01. The van der Waals surface area contributed by atoms with Gasteiger partial charge >= 0.3 is 5.97 Å². The van der Waals surface area contributed by atoms with Crippen LogP contribution in [-0.4, -0.2) is 23.5 Å². The summed E-state index contributed by atoms with van der Waals surface area (Å²) in [5, 5.41) is 12.2. The monoisotopic (exact) mass is 364 g/mol. The average Bonchev–Trinajstić information content (AvgIpc) is 2.51. The number of halogens is 1. The Hall–Kier alpha value is -2.21. The Bertz CT molecular complexity index is 645. The highest BCUT2D eigenvalue weighted by molar-refractivity contribution is 6.42. The van der Waals surface area contributed by atoms with Crippen LogP contribution < -0.4 is 21.5 Å². The van der Waals surface area contributed by atoms with E-state index >= 15 is 0 Å². The molecule has 1 heterocycles. The van der Waals surface area contributed by atoms with E-state index in [2.05, 4.69) is 5.16 Å². The molecule has 0 spiro atoms. The summed E-state index contributed by atoms with van der Waals surface area (Å²) >= 11 is 0. The third-order valence-corrected chi connectivity index (χ3v) is 2.95. The van der Waals surface area contributed by atoms with Crippen LogP contribution in [0, 0.1) is 0 Å². The summed E-state index contributed by atoms with van der Waals surface area (Å²) in [5.41, 5.74) is 1.48. The molecule has 0 fully saturated rings. The molecule has 0 aliphatic heterocycles. The quantitative estimate of drug-likeness (QED) is 0.237. The van der Waals surface area contributed by atoms with E-state index in [0.717, 1.165) is 5.56 Å². The van der Waals surface area contributed by atoms with E-state index in [0.29, 0.717) is 12.2 Å². The van der Waals surface area contributed by atoms with Gasteiger partial charge in [-0.25, -0.2) is 4.79 Å². The summed E-state index contributed by atoms with van der Waals surface area (Å²) in [6.07, 6.45) is 1.83. The number of hydrogen-bond acceptors (Lipinski definition) is 4. The fourth-order valence-electron chi connectivity index (χ4n) is 2.01. The standard InChI is InChI=1S/C16H16N2O3.BrH/c1-2-21-16(19)15(17-20)14-10-6-7-11-18(14)12-13-8-4-3-5-9-13;/h3-11H,2,12H2,1H3;1H. The Balaban J connectivity index is 0.00000242. The molecule has 0 saturated heterocycles. The highest BCUT2D eigenvalue weighted by Gasteiger charge is 2.25. The number of hydrogen-bond donors (Lipinski definition) is 1. The maximum Gasteiger partial charge on any atom is 0.367 e. The van der Waals surface area contributed by atoms with Crippen molar-refractivity contribution >= 4 is 11.7 Å². The molecule has 0 saturated carbocycles. The summed E-state index contributed by atoms with van der Waals surface area (Å²) in [6.45, 7) is 2.49. The van der Waals surface area contributed by atoms with Crippen molar-refractivity contribution in [3.05, 3.63) is 66.0 Å². The van der Waals surface area contributed by atoms with Crippen LogP contribution >= 0.6 is 0 Å². The normalized spacial score (nSPS) is 10.7. The molecule has 1 aromatic heterocycles. The molecule has 2 rings (SSSR count). The number of aromatic nitrogens is 1. The lowest BCUT2D eigenvalue weighted by molar-refractivity contribution is -0.689. The third kappa shape index (κ3) is 4.39. The molecule has 2 aromatic rings. The van der Waals surface area contributed by atoms with Crippen LogP contribution in [0.1, 0.15) is 18.2 Å². The lowest BCUT2D eigenvalue weighted by atomic mass is 10.2. The van der Waals surface area contributed by atoms with Gasteiger partial charge in [0.15, 0.2) is 12.7 Å². The van der Waals surface area contributed by atoms with Gasteiger partial charge in [-0.2, -0.15) is 4.57 Å². The van der Waals surface area contributed by atoms with E-state index in [4.69, 9.17) is 9.94 Å². The molecule has 0 atom stereocenters. The second-order valence-corrected chi connectivity index (χ2v) is 4.37. The molecule has 0 aliphatic rings. The van der Waals surface area contributed by atoms with E-state index in [1.807, 2.05) is 47.2 Å². The first-order chi connectivity index (χ1) is 10.3. The molecule has 116 valence electrons. The Labute approximate surface area is 139 Å². The molecule has 0 unspecified atom stereocenters. The minimum Gasteiger partial charge on any atom is -1.00 e. The van der Waals surface area contributed by atoms with Crippen LogP contribution in [0.15, 0.2) is 59.9 Å². The zero-order valence-corrected chi connectivity index (χ0v) is 13.7. The second-order valence-electron chi connectivity index (χ2n) is 4.37. The highest BCUT2D eigenvalue weighted by Crippen LogP contribution is 2.02. The Morgan fingerprint density at radius 1 is 1.18 bits per heavy atom. The van der Waals surface area contributed by atoms with Crippen LogP contribution in [-0.2, 0) is 16.1 Å².